The maximum Gasteiger partial charge on any atom is 0.227 e. The third kappa shape index (κ3) is 3.55. The number of rotatable bonds is 5. The number of amides is 1. The first-order valence-corrected chi connectivity index (χ1v) is 5.40. The minimum Gasteiger partial charge on any atom is -0.399 e. The SMILES string of the molecule is CCN(CCO)C(=O)Cc1cccc(N)c1. The minimum absolute atomic E-state index is 0.00346. The van der Waals surface area contributed by atoms with E-state index < -0.39 is 0 Å². The molecule has 0 aliphatic heterocycles. The monoisotopic (exact) mass is 222 g/mol. The predicted octanol–water partition coefficient (Wildman–Crippen LogP) is 0.652. The van der Waals surface area contributed by atoms with Crippen LogP contribution >= 0.6 is 0 Å². The molecule has 1 rings (SSSR count). The van der Waals surface area contributed by atoms with Gasteiger partial charge in [0.1, 0.15) is 0 Å². The molecule has 0 atom stereocenters. The average molecular weight is 222 g/mol. The summed E-state index contributed by atoms with van der Waals surface area (Å²) in [5.41, 5.74) is 7.20. The first kappa shape index (κ1) is 12.5. The summed E-state index contributed by atoms with van der Waals surface area (Å²) in [5, 5.41) is 8.81. The number of benzene rings is 1. The second-order valence-corrected chi connectivity index (χ2v) is 3.62. The molecule has 0 aliphatic rings. The molecule has 1 aromatic rings. The van der Waals surface area contributed by atoms with Gasteiger partial charge in [-0.15, -0.1) is 0 Å². The lowest BCUT2D eigenvalue weighted by molar-refractivity contribution is -0.130. The minimum atomic E-state index is -0.00346. The molecule has 0 radical (unpaired) electrons. The fraction of sp³-hybridized carbons (Fsp3) is 0.417. The van der Waals surface area contributed by atoms with Crippen LogP contribution in [-0.2, 0) is 11.2 Å². The number of nitrogen functional groups attached to an aromatic ring is 1. The van der Waals surface area contributed by atoms with Crippen molar-refractivity contribution in [1.82, 2.24) is 4.90 Å². The van der Waals surface area contributed by atoms with Crippen molar-refractivity contribution in [1.29, 1.82) is 0 Å². The molecular formula is C12H18N2O2. The van der Waals surface area contributed by atoms with Crippen LogP contribution in [0.1, 0.15) is 12.5 Å². The number of likely N-dealkylation sites (N-methyl/N-ethyl adjacent to an activating group) is 1. The normalized spacial score (nSPS) is 10.1. The zero-order valence-electron chi connectivity index (χ0n) is 9.52. The van der Waals surface area contributed by atoms with Gasteiger partial charge < -0.3 is 15.7 Å². The fourth-order valence-corrected chi connectivity index (χ4v) is 1.57. The van der Waals surface area contributed by atoms with E-state index in [0.717, 1.165) is 5.56 Å². The Morgan fingerprint density at radius 3 is 2.81 bits per heavy atom. The van der Waals surface area contributed by atoms with Crippen LogP contribution in [-0.4, -0.2) is 35.6 Å². The summed E-state index contributed by atoms with van der Waals surface area (Å²) in [5.74, 6) is 0.0159. The van der Waals surface area contributed by atoms with Crippen molar-refractivity contribution in [3.63, 3.8) is 0 Å². The van der Waals surface area contributed by atoms with Gasteiger partial charge in [-0.25, -0.2) is 0 Å². The Morgan fingerprint density at radius 1 is 1.50 bits per heavy atom. The molecule has 1 amide bonds. The van der Waals surface area contributed by atoms with Gasteiger partial charge in [0.2, 0.25) is 5.91 Å². The molecule has 0 saturated heterocycles. The van der Waals surface area contributed by atoms with Crippen LogP contribution in [0.25, 0.3) is 0 Å². The van der Waals surface area contributed by atoms with E-state index in [9.17, 15) is 4.79 Å². The van der Waals surface area contributed by atoms with Crippen molar-refractivity contribution < 1.29 is 9.90 Å². The number of hydrogen-bond donors (Lipinski definition) is 2. The van der Waals surface area contributed by atoms with E-state index >= 15 is 0 Å². The first-order valence-electron chi connectivity index (χ1n) is 5.40. The summed E-state index contributed by atoms with van der Waals surface area (Å²) in [6, 6.07) is 7.30. The summed E-state index contributed by atoms with van der Waals surface area (Å²) in [6.45, 7) is 2.89. The predicted molar refractivity (Wildman–Crippen MR) is 63.9 cm³/mol. The Kier molecular flexibility index (Phi) is 4.79. The van der Waals surface area contributed by atoms with Crippen LogP contribution in [0.4, 0.5) is 5.69 Å². The maximum atomic E-state index is 11.8. The van der Waals surface area contributed by atoms with Crippen LogP contribution in [0.2, 0.25) is 0 Å². The molecule has 4 nitrogen and oxygen atoms in total. The molecule has 88 valence electrons. The molecule has 0 saturated carbocycles. The summed E-state index contributed by atoms with van der Waals surface area (Å²) < 4.78 is 0. The van der Waals surface area contributed by atoms with Crippen molar-refractivity contribution in [2.24, 2.45) is 0 Å². The highest BCUT2D eigenvalue weighted by Gasteiger charge is 2.11. The van der Waals surface area contributed by atoms with Crippen molar-refractivity contribution in [3.05, 3.63) is 29.8 Å². The number of aliphatic hydroxyl groups is 1. The fourth-order valence-electron chi connectivity index (χ4n) is 1.57. The van der Waals surface area contributed by atoms with Crippen LogP contribution < -0.4 is 5.73 Å². The maximum absolute atomic E-state index is 11.8. The first-order chi connectivity index (χ1) is 7.67. The number of anilines is 1. The van der Waals surface area contributed by atoms with Crippen molar-refractivity contribution in [3.8, 4) is 0 Å². The molecule has 0 aromatic heterocycles. The van der Waals surface area contributed by atoms with E-state index in [1.807, 2.05) is 19.1 Å². The second kappa shape index (κ2) is 6.12. The number of carbonyl (C=O) groups is 1. The van der Waals surface area contributed by atoms with E-state index in [0.29, 0.717) is 25.2 Å². The van der Waals surface area contributed by atoms with Gasteiger partial charge in [0.25, 0.3) is 0 Å². The molecule has 0 aliphatic carbocycles. The smallest absolute Gasteiger partial charge is 0.227 e. The number of nitrogens with zero attached hydrogens (tertiary/aromatic N) is 1. The molecule has 0 fully saturated rings. The Balaban J connectivity index is 2.62. The topological polar surface area (TPSA) is 66.6 Å². The van der Waals surface area contributed by atoms with Crippen molar-refractivity contribution in [2.75, 3.05) is 25.4 Å². The Labute approximate surface area is 95.7 Å². The summed E-state index contributed by atoms with van der Waals surface area (Å²) >= 11 is 0. The van der Waals surface area contributed by atoms with Gasteiger partial charge in [0.05, 0.1) is 13.0 Å². The summed E-state index contributed by atoms with van der Waals surface area (Å²) in [7, 11) is 0. The molecule has 0 bridgehead atoms. The van der Waals surface area contributed by atoms with Gasteiger partial charge in [-0.05, 0) is 24.6 Å². The zero-order chi connectivity index (χ0) is 12.0. The van der Waals surface area contributed by atoms with Gasteiger partial charge in [-0.3, -0.25) is 4.79 Å². The quantitative estimate of drug-likeness (QED) is 0.719. The van der Waals surface area contributed by atoms with E-state index in [1.165, 1.54) is 0 Å². The Morgan fingerprint density at radius 2 is 2.25 bits per heavy atom. The van der Waals surface area contributed by atoms with E-state index in [2.05, 4.69) is 0 Å². The molecule has 16 heavy (non-hydrogen) atoms. The molecule has 3 N–H and O–H groups in total. The van der Waals surface area contributed by atoms with Gasteiger partial charge in [-0.2, -0.15) is 0 Å². The summed E-state index contributed by atoms with van der Waals surface area (Å²) in [4.78, 5) is 13.4. The van der Waals surface area contributed by atoms with Gasteiger partial charge in [0.15, 0.2) is 0 Å². The molecule has 0 spiro atoms. The lowest BCUT2D eigenvalue weighted by atomic mass is 10.1. The molecule has 4 heteroatoms. The molecular weight excluding hydrogens is 204 g/mol. The van der Waals surface area contributed by atoms with E-state index in [1.54, 1.807) is 17.0 Å². The highest BCUT2D eigenvalue weighted by Crippen LogP contribution is 2.08. The number of aliphatic hydroxyl groups excluding tert-OH is 1. The zero-order valence-corrected chi connectivity index (χ0v) is 9.52. The third-order valence-electron chi connectivity index (χ3n) is 2.41. The van der Waals surface area contributed by atoms with Gasteiger partial charge in [0, 0.05) is 18.8 Å². The standard InChI is InChI=1S/C12H18N2O2/c1-2-14(6-7-15)12(16)9-10-4-3-5-11(13)8-10/h3-5,8,15H,2,6-7,9,13H2,1H3. The largest absolute Gasteiger partial charge is 0.399 e. The number of hydrogen-bond acceptors (Lipinski definition) is 3. The highest BCUT2D eigenvalue weighted by molar-refractivity contribution is 5.79. The lowest BCUT2D eigenvalue weighted by Gasteiger charge is -2.19. The van der Waals surface area contributed by atoms with Crippen LogP contribution in [0.3, 0.4) is 0 Å². The Bertz CT molecular complexity index is 353. The third-order valence-corrected chi connectivity index (χ3v) is 2.41. The van der Waals surface area contributed by atoms with E-state index in [4.69, 9.17) is 10.8 Å². The highest BCUT2D eigenvalue weighted by atomic mass is 16.3. The van der Waals surface area contributed by atoms with Crippen LogP contribution in [0.5, 0.6) is 0 Å². The number of nitrogens with two attached hydrogens (primary N) is 1. The summed E-state index contributed by atoms with van der Waals surface area (Å²) in [6.07, 6.45) is 0.332. The van der Waals surface area contributed by atoms with Gasteiger partial charge >= 0.3 is 0 Å². The van der Waals surface area contributed by atoms with Crippen LogP contribution in [0, 0.1) is 0 Å². The van der Waals surface area contributed by atoms with E-state index in [-0.39, 0.29) is 12.5 Å². The molecule has 0 heterocycles. The molecule has 1 aromatic carbocycles. The average Bonchev–Trinajstić information content (AvgIpc) is 2.25. The van der Waals surface area contributed by atoms with Crippen LogP contribution in [0.15, 0.2) is 24.3 Å². The van der Waals surface area contributed by atoms with Crippen molar-refractivity contribution >= 4 is 11.6 Å². The lowest BCUT2D eigenvalue weighted by Crippen LogP contribution is -2.34. The second-order valence-electron chi connectivity index (χ2n) is 3.62. The van der Waals surface area contributed by atoms with Crippen molar-refractivity contribution in [2.45, 2.75) is 13.3 Å². The molecule has 0 unspecified atom stereocenters. The van der Waals surface area contributed by atoms with Gasteiger partial charge in [-0.1, -0.05) is 12.1 Å². The number of carbonyl (C=O) groups excluding carboxylic acids is 1. The Hall–Kier alpha value is -1.55.